The van der Waals surface area contributed by atoms with E-state index >= 15 is 0 Å². The lowest BCUT2D eigenvalue weighted by atomic mass is 10.0. The maximum absolute atomic E-state index is 10.9. The molecule has 118 valence electrons. The molecular weight excluding hydrogens is 292 g/mol. The molecule has 5 nitrogen and oxygen atoms in total. The van der Waals surface area contributed by atoms with E-state index < -0.39 is 6.09 Å². The fourth-order valence-electron chi connectivity index (χ4n) is 2.48. The molecule has 0 unspecified atom stereocenters. The van der Waals surface area contributed by atoms with Gasteiger partial charge in [0.15, 0.2) is 0 Å². The number of carboxylic acid groups (broad SMARTS) is 1. The van der Waals surface area contributed by atoms with Gasteiger partial charge in [0.1, 0.15) is 6.61 Å². The van der Waals surface area contributed by atoms with Crippen LogP contribution in [0.1, 0.15) is 17.7 Å². The minimum Gasteiger partial charge on any atom is -0.473 e. The molecule has 1 aliphatic heterocycles. The van der Waals surface area contributed by atoms with Crippen LogP contribution in [-0.2, 0) is 6.61 Å². The highest BCUT2D eigenvalue weighted by atomic mass is 16.5. The molecule has 1 amide bonds. The molecular formula is C18H18N2O3. The van der Waals surface area contributed by atoms with Crippen LogP contribution >= 0.6 is 0 Å². The smallest absolute Gasteiger partial charge is 0.407 e. The van der Waals surface area contributed by atoms with Gasteiger partial charge in [0.2, 0.25) is 5.88 Å². The predicted octanol–water partition coefficient (Wildman–Crippen LogP) is 3.43. The molecule has 23 heavy (non-hydrogen) atoms. The van der Waals surface area contributed by atoms with E-state index in [0.717, 1.165) is 16.8 Å². The average Bonchev–Trinajstić information content (AvgIpc) is 2.61. The second-order valence-corrected chi connectivity index (χ2v) is 5.34. The van der Waals surface area contributed by atoms with Crippen LogP contribution in [0.3, 0.4) is 0 Å². The third-order valence-corrected chi connectivity index (χ3v) is 3.76. The minimum absolute atomic E-state index is 0.404. The third-order valence-electron chi connectivity index (χ3n) is 3.76. The molecule has 1 N–H and O–H groups in total. The van der Waals surface area contributed by atoms with Gasteiger partial charge in [0.25, 0.3) is 0 Å². The summed E-state index contributed by atoms with van der Waals surface area (Å²) < 4.78 is 5.74. The Morgan fingerprint density at radius 1 is 1.17 bits per heavy atom. The molecule has 1 aromatic carbocycles. The van der Waals surface area contributed by atoms with Gasteiger partial charge in [0.05, 0.1) is 5.69 Å². The Bertz CT molecular complexity index is 713. The van der Waals surface area contributed by atoms with Gasteiger partial charge < -0.3 is 14.7 Å². The Morgan fingerprint density at radius 3 is 2.70 bits per heavy atom. The highest BCUT2D eigenvalue weighted by Crippen LogP contribution is 2.22. The summed E-state index contributed by atoms with van der Waals surface area (Å²) in [5.41, 5.74) is 3.00. The van der Waals surface area contributed by atoms with Crippen molar-refractivity contribution in [2.75, 3.05) is 13.1 Å². The second-order valence-electron chi connectivity index (χ2n) is 5.34. The first kappa shape index (κ1) is 15.1. The van der Waals surface area contributed by atoms with Crippen LogP contribution in [-0.4, -0.2) is 34.2 Å². The summed E-state index contributed by atoms with van der Waals surface area (Å²) in [5.74, 6) is 0.577. The average molecular weight is 310 g/mol. The van der Waals surface area contributed by atoms with E-state index in [2.05, 4.69) is 4.98 Å². The number of hydrogen-bond acceptors (Lipinski definition) is 3. The number of hydrogen-bond donors (Lipinski definition) is 1. The van der Waals surface area contributed by atoms with Gasteiger partial charge in [-0.2, -0.15) is 0 Å². The summed E-state index contributed by atoms with van der Waals surface area (Å²) in [7, 11) is 0. The number of amides is 1. The van der Waals surface area contributed by atoms with Crippen molar-refractivity contribution in [1.82, 2.24) is 9.88 Å². The quantitative estimate of drug-likeness (QED) is 0.940. The first-order valence-electron chi connectivity index (χ1n) is 7.53. The van der Waals surface area contributed by atoms with Gasteiger partial charge in [-0.05, 0) is 23.6 Å². The monoisotopic (exact) mass is 310 g/mol. The van der Waals surface area contributed by atoms with Gasteiger partial charge in [-0.3, -0.25) is 0 Å². The van der Waals surface area contributed by atoms with Gasteiger partial charge in [0, 0.05) is 19.2 Å². The lowest BCUT2D eigenvalue weighted by Gasteiger charge is -2.23. The normalized spacial score (nSPS) is 14.3. The van der Waals surface area contributed by atoms with E-state index in [0.29, 0.717) is 32.0 Å². The van der Waals surface area contributed by atoms with Crippen LogP contribution in [0.2, 0.25) is 0 Å². The van der Waals surface area contributed by atoms with E-state index in [1.807, 2.05) is 54.6 Å². The van der Waals surface area contributed by atoms with Crippen LogP contribution in [0.5, 0.6) is 5.88 Å². The van der Waals surface area contributed by atoms with Crippen molar-refractivity contribution >= 4 is 11.7 Å². The number of pyridine rings is 1. The molecule has 0 radical (unpaired) electrons. The summed E-state index contributed by atoms with van der Waals surface area (Å²) in [4.78, 5) is 16.8. The maximum atomic E-state index is 10.9. The molecule has 3 rings (SSSR count). The molecule has 0 fully saturated rings. The van der Waals surface area contributed by atoms with Crippen molar-refractivity contribution in [3.63, 3.8) is 0 Å². The van der Waals surface area contributed by atoms with Crippen molar-refractivity contribution in [2.45, 2.75) is 13.0 Å². The third kappa shape index (κ3) is 3.88. The standard InChI is InChI=1S/C18H18N2O3/c21-18(22)20-11-9-15(10-12-20)16-7-4-8-17(19-16)23-13-14-5-2-1-3-6-14/h1-9H,10-13H2,(H,21,22). The molecule has 0 atom stereocenters. The predicted molar refractivity (Wildman–Crippen MR) is 87.2 cm³/mol. The summed E-state index contributed by atoms with van der Waals surface area (Å²) in [6.07, 6.45) is 1.70. The van der Waals surface area contributed by atoms with Crippen LogP contribution < -0.4 is 4.74 Å². The molecule has 0 saturated heterocycles. The largest absolute Gasteiger partial charge is 0.473 e. The molecule has 1 aromatic heterocycles. The Kier molecular flexibility index (Phi) is 4.57. The number of rotatable bonds is 4. The zero-order chi connectivity index (χ0) is 16.1. The molecule has 0 bridgehead atoms. The number of benzene rings is 1. The van der Waals surface area contributed by atoms with Crippen molar-refractivity contribution in [3.05, 3.63) is 65.9 Å². The zero-order valence-electron chi connectivity index (χ0n) is 12.7. The number of carbonyl (C=O) groups is 1. The Morgan fingerprint density at radius 2 is 2.00 bits per heavy atom. The number of nitrogens with zero attached hydrogens (tertiary/aromatic N) is 2. The van der Waals surface area contributed by atoms with Crippen molar-refractivity contribution in [1.29, 1.82) is 0 Å². The SMILES string of the molecule is O=C(O)N1CC=C(c2cccc(OCc3ccccc3)n2)CC1. The number of ether oxygens (including phenoxy) is 1. The van der Waals surface area contributed by atoms with E-state index in [9.17, 15) is 4.79 Å². The van der Waals surface area contributed by atoms with Crippen LogP contribution in [0.25, 0.3) is 5.57 Å². The van der Waals surface area contributed by atoms with Gasteiger partial charge >= 0.3 is 6.09 Å². The van der Waals surface area contributed by atoms with E-state index in [1.165, 1.54) is 4.90 Å². The summed E-state index contributed by atoms with van der Waals surface area (Å²) in [5, 5.41) is 8.98. The van der Waals surface area contributed by atoms with Crippen LogP contribution in [0.15, 0.2) is 54.6 Å². The minimum atomic E-state index is -0.881. The fourth-order valence-corrected chi connectivity index (χ4v) is 2.48. The molecule has 2 heterocycles. The van der Waals surface area contributed by atoms with Crippen LogP contribution in [0.4, 0.5) is 4.79 Å². The fraction of sp³-hybridized carbons (Fsp3) is 0.222. The molecule has 0 saturated carbocycles. The van der Waals surface area contributed by atoms with E-state index in [4.69, 9.17) is 9.84 Å². The van der Waals surface area contributed by atoms with Gasteiger partial charge in [-0.25, -0.2) is 9.78 Å². The summed E-state index contributed by atoms with van der Waals surface area (Å²) in [6, 6.07) is 15.6. The Balaban J connectivity index is 1.67. The molecule has 0 spiro atoms. The highest BCUT2D eigenvalue weighted by molar-refractivity contribution is 5.70. The van der Waals surface area contributed by atoms with Crippen molar-refractivity contribution in [2.24, 2.45) is 0 Å². The summed E-state index contributed by atoms with van der Waals surface area (Å²) in [6.45, 7) is 1.38. The Hall–Kier alpha value is -2.82. The van der Waals surface area contributed by atoms with Crippen LogP contribution in [0, 0.1) is 0 Å². The van der Waals surface area contributed by atoms with Gasteiger partial charge in [-0.15, -0.1) is 0 Å². The zero-order valence-corrected chi connectivity index (χ0v) is 12.7. The van der Waals surface area contributed by atoms with E-state index in [-0.39, 0.29) is 0 Å². The van der Waals surface area contributed by atoms with Crippen molar-refractivity contribution in [3.8, 4) is 5.88 Å². The molecule has 2 aromatic rings. The molecule has 0 aliphatic carbocycles. The lowest BCUT2D eigenvalue weighted by Crippen LogP contribution is -2.33. The molecule has 1 aliphatic rings. The maximum Gasteiger partial charge on any atom is 0.407 e. The topological polar surface area (TPSA) is 62.7 Å². The number of aromatic nitrogens is 1. The summed E-state index contributed by atoms with van der Waals surface area (Å²) >= 11 is 0. The van der Waals surface area contributed by atoms with Crippen molar-refractivity contribution < 1.29 is 14.6 Å². The first-order valence-corrected chi connectivity index (χ1v) is 7.53. The first-order chi connectivity index (χ1) is 11.2. The Labute approximate surface area is 134 Å². The molecule has 5 heteroatoms. The second kappa shape index (κ2) is 6.96. The van der Waals surface area contributed by atoms with Gasteiger partial charge in [-0.1, -0.05) is 42.5 Å². The van der Waals surface area contributed by atoms with E-state index in [1.54, 1.807) is 0 Å². The highest BCUT2D eigenvalue weighted by Gasteiger charge is 2.17. The lowest BCUT2D eigenvalue weighted by molar-refractivity contribution is 0.150.